The molecule has 0 radical (unpaired) electrons. The number of cyclic esters (lactones) is 1. The third-order valence-corrected chi connectivity index (χ3v) is 12.6. The van der Waals surface area contributed by atoms with Crippen LogP contribution in [0.4, 0.5) is 9.18 Å². The Labute approximate surface area is 335 Å². The quantitative estimate of drug-likeness (QED) is 0.174. The molecule has 3 aliphatic rings. The first-order valence-electron chi connectivity index (χ1n) is 20.5. The SMILES string of the molecule is CCN[C@H]1C[C@@H](C)O[C@@H](O[C@@H]2[C@@H](C)C(=O)[C@](C)(F)C(=O)O[C@H](CC)[C@@]3(C)OC(=O)N(CCCCn4cnc5ccccc54)C3[C@@H](C)C(=O)[C@H](C)C[C@@]2(C)OC)[C@H]1O. The Kier molecular flexibility index (Phi) is 13.9. The number of amides is 1. The number of aliphatic hydroxyl groups excluding tert-OH is 1. The summed E-state index contributed by atoms with van der Waals surface area (Å²) in [6.07, 6.45) is -2.32. The Morgan fingerprint density at radius 1 is 1.02 bits per heavy atom. The number of aliphatic hydroxyl groups is 1. The number of halogens is 1. The maximum atomic E-state index is 16.9. The average Bonchev–Trinajstić information content (AvgIpc) is 3.71. The Morgan fingerprint density at radius 2 is 1.70 bits per heavy atom. The van der Waals surface area contributed by atoms with E-state index in [4.69, 9.17) is 23.7 Å². The number of carbonyl (C=O) groups excluding carboxylic acids is 4. The van der Waals surface area contributed by atoms with E-state index in [2.05, 4.69) is 10.3 Å². The minimum absolute atomic E-state index is 0.00567. The molecule has 15 heteroatoms. The van der Waals surface area contributed by atoms with Crippen molar-refractivity contribution in [2.75, 3.05) is 20.2 Å². The molecule has 3 fully saturated rings. The van der Waals surface area contributed by atoms with Crippen molar-refractivity contribution in [3.05, 3.63) is 30.6 Å². The van der Waals surface area contributed by atoms with Gasteiger partial charge in [0.25, 0.3) is 5.67 Å². The molecule has 0 saturated carbocycles. The van der Waals surface area contributed by atoms with Gasteiger partial charge in [-0.2, -0.15) is 0 Å². The molecule has 0 aliphatic carbocycles. The number of ketones is 2. The van der Waals surface area contributed by atoms with E-state index in [0.717, 1.165) is 18.0 Å². The summed E-state index contributed by atoms with van der Waals surface area (Å²) in [6.45, 7) is 15.9. The number of aromatic nitrogens is 2. The van der Waals surface area contributed by atoms with Crippen LogP contribution in [0.25, 0.3) is 11.0 Å². The first-order chi connectivity index (χ1) is 26.8. The number of unbranched alkanes of at least 4 members (excludes halogenated alkanes) is 1. The third-order valence-electron chi connectivity index (χ3n) is 12.6. The van der Waals surface area contributed by atoms with Crippen LogP contribution in [0.5, 0.6) is 0 Å². The summed E-state index contributed by atoms with van der Waals surface area (Å²) in [5, 5.41) is 14.6. The number of alkyl halides is 1. The zero-order valence-corrected chi connectivity index (χ0v) is 35.2. The van der Waals surface area contributed by atoms with Gasteiger partial charge in [-0.25, -0.2) is 19.0 Å². The second-order valence-electron chi connectivity index (χ2n) is 16.9. The van der Waals surface area contributed by atoms with E-state index in [1.54, 1.807) is 40.9 Å². The van der Waals surface area contributed by atoms with Gasteiger partial charge in [0.2, 0.25) is 0 Å². The normalized spacial score (nSPS) is 38.5. The summed E-state index contributed by atoms with van der Waals surface area (Å²) in [6, 6.07) is 6.51. The second kappa shape index (κ2) is 17.8. The van der Waals surface area contributed by atoms with E-state index >= 15 is 4.39 Å². The van der Waals surface area contributed by atoms with Crippen molar-refractivity contribution in [1.29, 1.82) is 0 Å². The van der Waals surface area contributed by atoms with Crippen molar-refractivity contribution >= 4 is 34.7 Å². The topological polar surface area (TPSA) is 168 Å². The van der Waals surface area contributed by atoms with Gasteiger partial charge in [-0.1, -0.05) is 46.8 Å². The summed E-state index contributed by atoms with van der Waals surface area (Å²) < 4.78 is 49.4. The van der Waals surface area contributed by atoms with Crippen molar-refractivity contribution in [2.45, 2.75) is 161 Å². The molecule has 0 bridgehead atoms. The highest BCUT2D eigenvalue weighted by atomic mass is 19.1. The number of Topliss-reactive ketones (excluding diaryl/α,β-unsaturated/α-hetero) is 2. The number of nitrogens with zero attached hydrogens (tertiary/aromatic N) is 3. The molecule has 1 aromatic carbocycles. The minimum Gasteiger partial charge on any atom is -0.455 e. The predicted molar refractivity (Wildman–Crippen MR) is 209 cm³/mol. The van der Waals surface area contributed by atoms with Crippen molar-refractivity contribution in [3.8, 4) is 0 Å². The minimum atomic E-state index is -3.17. The van der Waals surface area contributed by atoms with Gasteiger partial charge >= 0.3 is 12.1 Å². The van der Waals surface area contributed by atoms with Gasteiger partial charge in [-0.15, -0.1) is 0 Å². The van der Waals surface area contributed by atoms with E-state index in [1.165, 1.54) is 18.9 Å². The van der Waals surface area contributed by atoms with Crippen LogP contribution < -0.4 is 5.32 Å². The molecule has 2 N–H and O–H groups in total. The molecule has 13 atom stereocenters. The number of methoxy groups -OCH3 is 1. The predicted octanol–water partition coefficient (Wildman–Crippen LogP) is 5.16. The van der Waals surface area contributed by atoms with Gasteiger partial charge in [0.1, 0.15) is 18.0 Å². The Morgan fingerprint density at radius 3 is 2.37 bits per heavy atom. The number of hydrogen-bond acceptors (Lipinski definition) is 12. The molecular weight excluding hydrogens is 739 g/mol. The smallest absolute Gasteiger partial charge is 0.410 e. The molecule has 0 spiro atoms. The average molecular weight is 803 g/mol. The molecule has 318 valence electrons. The number of aryl methyl sites for hydroxylation is 1. The van der Waals surface area contributed by atoms with Crippen LogP contribution >= 0.6 is 0 Å². The highest BCUT2D eigenvalue weighted by Crippen LogP contribution is 2.43. The van der Waals surface area contributed by atoms with Crippen LogP contribution in [-0.2, 0) is 44.6 Å². The van der Waals surface area contributed by atoms with Crippen LogP contribution in [0.3, 0.4) is 0 Å². The Hall–Kier alpha value is -3.50. The van der Waals surface area contributed by atoms with Crippen LogP contribution in [0.2, 0.25) is 0 Å². The lowest BCUT2D eigenvalue weighted by atomic mass is 9.73. The number of likely N-dealkylation sites (N-methyl/N-ethyl adjacent to an activating group) is 1. The fourth-order valence-corrected chi connectivity index (χ4v) is 9.44. The largest absolute Gasteiger partial charge is 0.455 e. The number of benzene rings is 1. The number of rotatable bonds is 11. The molecule has 2 aromatic rings. The van der Waals surface area contributed by atoms with Crippen molar-refractivity contribution in [1.82, 2.24) is 19.8 Å². The van der Waals surface area contributed by atoms with Gasteiger partial charge < -0.3 is 43.6 Å². The lowest BCUT2D eigenvalue weighted by Crippen LogP contribution is -2.62. The zero-order chi connectivity index (χ0) is 42.0. The number of fused-ring (bicyclic) bond motifs is 2. The van der Waals surface area contributed by atoms with Gasteiger partial charge in [-0.3, -0.25) is 9.59 Å². The van der Waals surface area contributed by atoms with Gasteiger partial charge in [-0.05, 0) is 78.5 Å². The summed E-state index contributed by atoms with van der Waals surface area (Å²) in [7, 11) is 1.41. The standard InChI is InChI=1S/C42H63FN4O10/c1-11-31-42(9)34(47(39(52)57-42)20-16-15-19-46-23-45-28-17-13-14-18-30(28)46)26(5)32(48)24(3)22-40(7,53-10)36(27(6)35(50)41(8,43)38(51)55-31)56-37-33(49)29(44-12-2)21-25(4)54-37/h13-14,17-18,23-27,29,31,33-34,36-37,44,49H,11-12,15-16,19-22H2,1-10H3/t24-,25-,26+,27+,29+,31-,33+,34?,36-,37+,40-,41+,42-/m1/s1. The molecule has 1 aromatic heterocycles. The second-order valence-corrected chi connectivity index (χ2v) is 16.9. The first-order valence-corrected chi connectivity index (χ1v) is 20.5. The van der Waals surface area contributed by atoms with Crippen molar-refractivity contribution in [2.24, 2.45) is 17.8 Å². The molecule has 5 rings (SSSR count). The lowest BCUT2D eigenvalue weighted by Gasteiger charge is -2.46. The number of hydrogen-bond donors (Lipinski definition) is 2. The highest BCUT2D eigenvalue weighted by Gasteiger charge is 2.61. The third kappa shape index (κ3) is 8.78. The number of para-hydroxylation sites is 2. The molecule has 3 aliphatic heterocycles. The van der Waals surface area contributed by atoms with Crippen LogP contribution in [0.15, 0.2) is 30.6 Å². The van der Waals surface area contributed by atoms with Crippen LogP contribution in [-0.4, -0.2) is 123 Å². The molecule has 14 nitrogen and oxygen atoms in total. The lowest BCUT2D eigenvalue weighted by molar-refractivity contribution is -0.290. The number of nitrogens with one attached hydrogen (secondary N) is 1. The van der Waals surface area contributed by atoms with Crippen LogP contribution in [0.1, 0.15) is 94.4 Å². The maximum absolute atomic E-state index is 16.9. The number of carbonyl (C=O) groups is 4. The van der Waals surface area contributed by atoms with E-state index in [-0.39, 0.29) is 31.3 Å². The van der Waals surface area contributed by atoms with Gasteiger partial charge in [0, 0.05) is 44.0 Å². The summed E-state index contributed by atoms with van der Waals surface area (Å²) in [5.41, 5.74) is -4.31. The van der Waals surface area contributed by atoms with E-state index in [1.807, 2.05) is 42.7 Å². The molecule has 4 heterocycles. The van der Waals surface area contributed by atoms with E-state index in [9.17, 15) is 24.3 Å². The van der Waals surface area contributed by atoms with Gasteiger partial charge in [0.05, 0.1) is 41.2 Å². The molecule has 1 amide bonds. The summed E-state index contributed by atoms with van der Waals surface area (Å²) in [5.74, 6) is -5.74. The number of esters is 1. The van der Waals surface area contributed by atoms with E-state index in [0.29, 0.717) is 32.4 Å². The number of ether oxygens (including phenoxy) is 5. The Balaban J connectivity index is 1.49. The molecule has 3 saturated heterocycles. The summed E-state index contributed by atoms with van der Waals surface area (Å²) >= 11 is 0. The van der Waals surface area contributed by atoms with Crippen LogP contribution in [0, 0.1) is 17.8 Å². The maximum Gasteiger partial charge on any atom is 0.410 e. The Bertz CT molecular complexity index is 1760. The monoisotopic (exact) mass is 802 g/mol. The van der Waals surface area contributed by atoms with Crippen molar-refractivity contribution < 1.29 is 52.4 Å². The summed E-state index contributed by atoms with van der Waals surface area (Å²) in [4.78, 5) is 62.6. The van der Waals surface area contributed by atoms with Gasteiger partial charge in [0.15, 0.2) is 17.7 Å². The fraction of sp³-hybridized carbons (Fsp3) is 0.738. The van der Waals surface area contributed by atoms with Crippen molar-refractivity contribution in [3.63, 3.8) is 0 Å². The highest BCUT2D eigenvalue weighted by molar-refractivity contribution is 6.08. The first kappa shape index (κ1) is 44.6. The molecule has 57 heavy (non-hydrogen) atoms. The zero-order valence-electron chi connectivity index (χ0n) is 35.2. The fourth-order valence-electron chi connectivity index (χ4n) is 9.44. The molecular formula is C42H63FN4O10. The number of imidazole rings is 1. The molecule has 1 unspecified atom stereocenters. The van der Waals surface area contributed by atoms with E-state index < -0.39 is 89.2 Å².